The number of imidazole rings is 1. The largest absolute Gasteiger partial charge is 0.345 e. The zero-order valence-corrected chi connectivity index (χ0v) is 16.4. The lowest BCUT2D eigenvalue weighted by Crippen LogP contribution is -2.25. The van der Waals surface area contributed by atoms with Crippen molar-refractivity contribution in [3.05, 3.63) is 89.2 Å². The van der Waals surface area contributed by atoms with Crippen molar-refractivity contribution in [2.75, 3.05) is 0 Å². The molecule has 7 nitrogen and oxygen atoms in total. The van der Waals surface area contributed by atoms with Crippen LogP contribution in [0.3, 0.4) is 0 Å². The van der Waals surface area contributed by atoms with Crippen LogP contribution in [-0.2, 0) is 16.4 Å². The van der Waals surface area contributed by atoms with Gasteiger partial charge < -0.3 is 10.3 Å². The number of nitrogens with zero attached hydrogens (tertiary/aromatic N) is 1. The number of aromatic nitrogens is 2. The van der Waals surface area contributed by atoms with Gasteiger partial charge in [0.15, 0.2) is 5.78 Å². The lowest BCUT2D eigenvalue weighted by molar-refractivity contribution is 0.0948. The number of fused-ring (bicyclic) bond motifs is 3. The van der Waals surface area contributed by atoms with Crippen LogP contribution >= 0.6 is 0 Å². The van der Waals surface area contributed by atoms with Crippen LogP contribution in [0.2, 0.25) is 0 Å². The number of nitrogens with one attached hydrogen (secondary N) is 2. The van der Waals surface area contributed by atoms with Crippen molar-refractivity contribution in [1.82, 2.24) is 15.3 Å². The van der Waals surface area contributed by atoms with E-state index in [4.69, 9.17) is 0 Å². The van der Waals surface area contributed by atoms with E-state index in [0.717, 1.165) is 11.0 Å². The van der Waals surface area contributed by atoms with Crippen LogP contribution in [-0.4, -0.2) is 30.1 Å². The van der Waals surface area contributed by atoms with Gasteiger partial charge >= 0.3 is 0 Å². The lowest BCUT2D eigenvalue weighted by atomic mass is 10.0. The van der Waals surface area contributed by atoms with Gasteiger partial charge in [0.25, 0.3) is 5.91 Å². The Morgan fingerprint density at radius 1 is 0.933 bits per heavy atom. The molecule has 1 aromatic heterocycles. The smallest absolute Gasteiger partial charge is 0.251 e. The highest BCUT2D eigenvalue weighted by atomic mass is 32.2. The van der Waals surface area contributed by atoms with Crippen molar-refractivity contribution < 1.29 is 18.0 Å². The van der Waals surface area contributed by atoms with E-state index in [1.165, 1.54) is 30.3 Å². The molecule has 1 aliphatic rings. The molecule has 1 aliphatic heterocycles. The van der Waals surface area contributed by atoms with Crippen LogP contribution in [0.5, 0.6) is 0 Å². The van der Waals surface area contributed by atoms with E-state index < -0.39 is 15.7 Å². The maximum absolute atomic E-state index is 13.0. The molecule has 0 radical (unpaired) electrons. The summed E-state index contributed by atoms with van der Waals surface area (Å²) in [6.45, 7) is 0.152. The monoisotopic (exact) mass is 417 g/mol. The first-order chi connectivity index (χ1) is 14.4. The summed E-state index contributed by atoms with van der Waals surface area (Å²) in [6.07, 6.45) is 0. The predicted octanol–water partition coefficient (Wildman–Crippen LogP) is 2.87. The summed E-state index contributed by atoms with van der Waals surface area (Å²) in [5.74, 6) is -0.247. The van der Waals surface area contributed by atoms with E-state index in [9.17, 15) is 18.0 Å². The number of H-pyrrole nitrogens is 1. The molecular weight excluding hydrogens is 402 g/mol. The quantitative estimate of drug-likeness (QED) is 0.469. The van der Waals surface area contributed by atoms with Gasteiger partial charge in [0.1, 0.15) is 5.82 Å². The van der Waals surface area contributed by atoms with Crippen molar-refractivity contribution in [3.63, 3.8) is 0 Å². The Kier molecular flexibility index (Phi) is 4.04. The Morgan fingerprint density at radius 3 is 2.50 bits per heavy atom. The SMILES string of the molecule is O=C(NCc1nc2ccccc2[nH]1)c1ccc2c(c1)S(=O)(=O)c1ccccc1C2=O. The minimum Gasteiger partial charge on any atom is -0.345 e. The van der Waals surface area contributed by atoms with E-state index in [0.29, 0.717) is 5.82 Å². The number of carbonyl (C=O) groups is 2. The van der Waals surface area contributed by atoms with E-state index in [1.54, 1.807) is 12.1 Å². The van der Waals surface area contributed by atoms with Gasteiger partial charge in [-0.05, 0) is 42.5 Å². The van der Waals surface area contributed by atoms with Gasteiger partial charge in [-0.1, -0.05) is 24.3 Å². The number of sulfone groups is 1. The Morgan fingerprint density at radius 2 is 1.67 bits per heavy atom. The molecule has 8 heteroatoms. The summed E-state index contributed by atoms with van der Waals surface area (Å²) in [5, 5.41) is 2.73. The first-order valence-corrected chi connectivity index (χ1v) is 10.7. The van der Waals surface area contributed by atoms with Crippen molar-refractivity contribution >= 4 is 32.6 Å². The Hall–Kier alpha value is -3.78. The van der Waals surface area contributed by atoms with Crippen molar-refractivity contribution in [2.45, 2.75) is 16.3 Å². The normalized spacial score (nSPS) is 14.2. The zero-order valence-electron chi connectivity index (χ0n) is 15.5. The first-order valence-electron chi connectivity index (χ1n) is 9.20. The molecule has 0 fully saturated rings. The molecule has 0 saturated carbocycles. The third-order valence-corrected chi connectivity index (χ3v) is 6.91. The number of carbonyl (C=O) groups excluding carboxylic acids is 2. The molecule has 30 heavy (non-hydrogen) atoms. The fraction of sp³-hybridized carbons (Fsp3) is 0.0455. The Labute approximate surface area is 171 Å². The summed E-state index contributed by atoms with van der Waals surface area (Å²) in [7, 11) is -3.89. The molecule has 4 aromatic rings. The number of hydrogen-bond donors (Lipinski definition) is 2. The first kappa shape index (κ1) is 18.3. The van der Waals surface area contributed by atoms with Gasteiger partial charge in [-0.2, -0.15) is 0 Å². The fourth-order valence-electron chi connectivity index (χ4n) is 3.58. The molecule has 0 atom stereocenters. The van der Waals surface area contributed by atoms with Gasteiger partial charge in [-0.15, -0.1) is 0 Å². The third-order valence-electron chi connectivity index (χ3n) is 5.05. The van der Waals surface area contributed by atoms with E-state index in [2.05, 4.69) is 15.3 Å². The maximum Gasteiger partial charge on any atom is 0.251 e. The molecular formula is C22H15N3O4S. The number of amides is 1. The summed E-state index contributed by atoms with van der Waals surface area (Å²) in [4.78, 5) is 32.6. The van der Waals surface area contributed by atoms with Crippen LogP contribution in [0.4, 0.5) is 0 Å². The molecule has 0 saturated heterocycles. The highest BCUT2D eigenvalue weighted by Crippen LogP contribution is 2.34. The Balaban J connectivity index is 1.44. The summed E-state index contributed by atoms with van der Waals surface area (Å²) < 4.78 is 26.0. The van der Waals surface area contributed by atoms with Gasteiger partial charge in [0.2, 0.25) is 9.84 Å². The van der Waals surface area contributed by atoms with Crippen LogP contribution in [0.15, 0.2) is 76.5 Å². The van der Waals surface area contributed by atoms with Gasteiger partial charge in [-0.3, -0.25) is 9.59 Å². The number of aromatic amines is 1. The minimum absolute atomic E-state index is 0.0395. The highest BCUT2D eigenvalue weighted by Gasteiger charge is 2.35. The summed E-state index contributed by atoms with van der Waals surface area (Å²) in [5.41, 5.74) is 2.02. The standard InChI is InChI=1S/C22H15N3O4S/c26-21-14-5-1-4-8-18(14)30(28,29)19-11-13(9-10-15(19)21)22(27)23-12-20-24-16-6-2-3-7-17(16)25-20/h1-11H,12H2,(H,23,27)(H,24,25). The molecule has 148 valence electrons. The zero-order chi connectivity index (χ0) is 20.9. The molecule has 2 heterocycles. The number of hydrogen-bond acceptors (Lipinski definition) is 5. The van der Waals surface area contributed by atoms with Crippen LogP contribution in [0, 0.1) is 0 Å². The highest BCUT2D eigenvalue weighted by molar-refractivity contribution is 7.91. The van der Waals surface area contributed by atoms with Crippen molar-refractivity contribution in [1.29, 1.82) is 0 Å². The number of rotatable bonds is 3. The number of benzene rings is 3. The average Bonchev–Trinajstić information content (AvgIpc) is 3.19. The number of para-hydroxylation sites is 2. The van der Waals surface area contributed by atoms with E-state index >= 15 is 0 Å². The molecule has 0 spiro atoms. The van der Waals surface area contributed by atoms with Gasteiger partial charge in [0.05, 0.1) is 27.4 Å². The average molecular weight is 417 g/mol. The summed E-state index contributed by atoms with van der Waals surface area (Å²) >= 11 is 0. The Bertz CT molecular complexity index is 1420. The lowest BCUT2D eigenvalue weighted by Gasteiger charge is -2.19. The van der Waals surface area contributed by atoms with Crippen molar-refractivity contribution in [2.24, 2.45) is 0 Å². The molecule has 3 aromatic carbocycles. The predicted molar refractivity (Wildman–Crippen MR) is 109 cm³/mol. The second kappa shape index (κ2) is 6.64. The van der Waals surface area contributed by atoms with E-state index in [-0.39, 0.29) is 38.8 Å². The van der Waals surface area contributed by atoms with Crippen LogP contribution in [0.1, 0.15) is 32.1 Å². The van der Waals surface area contributed by atoms with Gasteiger partial charge in [-0.25, -0.2) is 13.4 Å². The van der Waals surface area contributed by atoms with Crippen LogP contribution in [0.25, 0.3) is 11.0 Å². The van der Waals surface area contributed by atoms with Gasteiger partial charge in [0, 0.05) is 16.7 Å². The molecule has 0 bridgehead atoms. The fourth-order valence-corrected chi connectivity index (χ4v) is 5.26. The molecule has 0 unspecified atom stereocenters. The number of ketones is 1. The molecule has 0 aliphatic carbocycles. The van der Waals surface area contributed by atoms with Crippen LogP contribution < -0.4 is 5.32 Å². The maximum atomic E-state index is 13.0. The molecule has 5 rings (SSSR count). The second-order valence-electron chi connectivity index (χ2n) is 6.92. The third kappa shape index (κ3) is 2.81. The second-order valence-corrected chi connectivity index (χ2v) is 8.81. The topological polar surface area (TPSA) is 109 Å². The molecule has 1 amide bonds. The molecule has 2 N–H and O–H groups in total. The summed E-state index contributed by atoms with van der Waals surface area (Å²) in [6, 6.07) is 17.7. The van der Waals surface area contributed by atoms with E-state index in [1.807, 2.05) is 24.3 Å². The van der Waals surface area contributed by atoms with Crippen molar-refractivity contribution in [3.8, 4) is 0 Å². The minimum atomic E-state index is -3.89.